The van der Waals surface area contributed by atoms with Gasteiger partial charge in [-0.3, -0.25) is 4.98 Å². The number of aliphatic hydroxyl groups excluding tert-OH is 1. The fourth-order valence-corrected chi connectivity index (χ4v) is 2.00. The Hall–Kier alpha value is -2.22. The van der Waals surface area contributed by atoms with Gasteiger partial charge in [0.1, 0.15) is 0 Å². The maximum Gasteiger partial charge on any atom is 0.416 e. The molecule has 4 nitrogen and oxygen atoms in total. The lowest BCUT2D eigenvalue weighted by molar-refractivity contribution is -0.137. The third kappa shape index (κ3) is 5.48. The average Bonchev–Trinajstić information content (AvgIpc) is 2.58. The van der Waals surface area contributed by atoms with Crippen molar-refractivity contribution in [1.29, 1.82) is 0 Å². The van der Waals surface area contributed by atoms with E-state index in [9.17, 15) is 13.2 Å². The first-order chi connectivity index (χ1) is 11.0. The molecular formula is C16H17F3N2O2. The van der Waals surface area contributed by atoms with E-state index in [1.54, 1.807) is 36.7 Å². The third-order valence-corrected chi connectivity index (χ3v) is 2.95. The molecular weight excluding hydrogens is 309 g/mol. The summed E-state index contributed by atoms with van der Waals surface area (Å²) >= 11 is 0. The van der Waals surface area contributed by atoms with Crippen LogP contribution in [0.5, 0.6) is 0 Å². The summed E-state index contributed by atoms with van der Waals surface area (Å²) in [6.45, 7) is -0.0667. The summed E-state index contributed by atoms with van der Waals surface area (Å²) in [6, 6.07) is 8.63. The zero-order valence-electron chi connectivity index (χ0n) is 12.2. The molecule has 0 radical (unpaired) electrons. The number of halogens is 3. The molecule has 1 heterocycles. The Balaban J connectivity index is 0.00000127. The molecule has 0 saturated carbocycles. The van der Waals surface area contributed by atoms with Gasteiger partial charge in [0.15, 0.2) is 0 Å². The van der Waals surface area contributed by atoms with Crippen molar-refractivity contribution in [2.24, 2.45) is 5.90 Å². The number of alkyl halides is 3. The Morgan fingerprint density at radius 2 is 1.83 bits per heavy atom. The van der Waals surface area contributed by atoms with E-state index in [0.29, 0.717) is 23.1 Å². The van der Waals surface area contributed by atoms with E-state index in [4.69, 9.17) is 10.3 Å². The average molecular weight is 326 g/mol. The van der Waals surface area contributed by atoms with Crippen LogP contribution in [-0.2, 0) is 6.18 Å². The van der Waals surface area contributed by atoms with E-state index in [2.05, 4.69) is 10.9 Å². The monoisotopic (exact) mass is 326 g/mol. The van der Waals surface area contributed by atoms with Crippen LogP contribution in [0.25, 0.3) is 5.57 Å². The number of hydrogen-bond donors (Lipinski definition) is 3. The summed E-state index contributed by atoms with van der Waals surface area (Å²) < 4.78 is 38.4. The SMILES string of the molecule is NO.OCCC=C(c1cccnc1)c1cccc(C(F)(F)F)c1. The molecule has 124 valence electrons. The van der Waals surface area contributed by atoms with Gasteiger partial charge < -0.3 is 10.3 Å². The van der Waals surface area contributed by atoms with Crippen molar-refractivity contribution < 1.29 is 23.5 Å². The highest BCUT2D eigenvalue weighted by Gasteiger charge is 2.30. The van der Waals surface area contributed by atoms with Crippen molar-refractivity contribution in [2.75, 3.05) is 6.61 Å². The summed E-state index contributed by atoms with van der Waals surface area (Å²) in [5.74, 6) is 3.50. The molecule has 0 spiro atoms. The van der Waals surface area contributed by atoms with Crippen molar-refractivity contribution in [3.05, 3.63) is 71.6 Å². The number of hydrogen-bond acceptors (Lipinski definition) is 4. The second-order valence-corrected chi connectivity index (χ2v) is 4.45. The second-order valence-electron chi connectivity index (χ2n) is 4.45. The van der Waals surface area contributed by atoms with Crippen LogP contribution in [0.1, 0.15) is 23.1 Å². The maximum absolute atomic E-state index is 12.8. The van der Waals surface area contributed by atoms with Crippen molar-refractivity contribution in [2.45, 2.75) is 12.6 Å². The zero-order chi connectivity index (χ0) is 17.3. The first-order valence-corrected chi connectivity index (χ1v) is 6.67. The van der Waals surface area contributed by atoms with Gasteiger partial charge in [0.25, 0.3) is 0 Å². The van der Waals surface area contributed by atoms with Crippen LogP contribution in [0.2, 0.25) is 0 Å². The molecule has 1 aromatic carbocycles. The number of aromatic nitrogens is 1. The fraction of sp³-hybridized carbons (Fsp3) is 0.188. The van der Waals surface area contributed by atoms with E-state index in [1.807, 2.05) is 0 Å². The van der Waals surface area contributed by atoms with Gasteiger partial charge in [-0.05, 0) is 35.8 Å². The molecule has 0 aliphatic heterocycles. The highest BCUT2D eigenvalue weighted by Crippen LogP contribution is 2.32. The molecule has 0 aliphatic rings. The predicted molar refractivity (Wildman–Crippen MR) is 80.4 cm³/mol. The summed E-state index contributed by atoms with van der Waals surface area (Å²) in [4.78, 5) is 3.98. The summed E-state index contributed by atoms with van der Waals surface area (Å²) in [7, 11) is 0. The first-order valence-electron chi connectivity index (χ1n) is 6.67. The molecule has 1 aromatic heterocycles. The highest BCUT2D eigenvalue weighted by atomic mass is 19.4. The van der Waals surface area contributed by atoms with Crippen LogP contribution in [0.4, 0.5) is 13.2 Å². The number of pyridine rings is 1. The lowest BCUT2D eigenvalue weighted by Crippen LogP contribution is -2.05. The van der Waals surface area contributed by atoms with Gasteiger partial charge in [-0.2, -0.15) is 13.2 Å². The standard InChI is InChI=1S/C16H14F3NO.H3NO/c17-16(18,19)14-6-1-4-12(10-14)15(7-3-9-21)13-5-2-8-20-11-13;1-2/h1-2,4-8,10-11,21H,3,9H2;2H,1H2. The lowest BCUT2D eigenvalue weighted by Gasteiger charge is -2.12. The molecule has 0 unspecified atom stereocenters. The summed E-state index contributed by atoms with van der Waals surface area (Å²) in [5, 5.41) is 15.5. The van der Waals surface area contributed by atoms with Crippen molar-refractivity contribution >= 4 is 5.57 Å². The quantitative estimate of drug-likeness (QED) is 0.754. The van der Waals surface area contributed by atoms with Crippen LogP contribution < -0.4 is 5.90 Å². The molecule has 0 bridgehead atoms. The molecule has 0 atom stereocenters. The predicted octanol–water partition coefficient (Wildman–Crippen LogP) is 3.25. The Labute approximate surface area is 131 Å². The maximum atomic E-state index is 12.8. The van der Waals surface area contributed by atoms with Crippen molar-refractivity contribution in [1.82, 2.24) is 4.98 Å². The minimum atomic E-state index is -4.38. The molecule has 0 aliphatic carbocycles. The third-order valence-electron chi connectivity index (χ3n) is 2.95. The minimum absolute atomic E-state index is 0.0667. The fourth-order valence-electron chi connectivity index (χ4n) is 2.00. The lowest BCUT2D eigenvalue weighted by atomic mass is 9.96. The van der Waals surface area contributed by atoms with Crippen LogP contribution in [0.3, 0.4) is 0 Å². The Bertz CT molecular complexity index is 629. The van der Waals surface area contributed by atoms with E-state index in [0.717, 1.165) is 12.1 Å². The van der Waals surface area contributed by atoms with Crippen LogP contribution in [0, 0.1) is 0 Å². The van der Waals surface area contributed by atoms with E-state index in [-0.39, 0.29) is 6.61 Å². The minimum Gasteiger partial charge on any atom is -0.396 e. The molecule has 0 saturated heterocycles. The van der Waals surface area contributed by atoms with Crippen LogP contribution >= 0.6 is 0 Å². The van der Waals surface area contributed by atoms with Crippen LogP contribution in [-0.4, -0.2) is 21.9 Å². The molecule has 2 rings (SSSR count). The molecule has 0 amide bonds. The number of nitrogens with zero attached hydrogens (tertiary/aromatic N) is 1. The molecule has 0 fully saturated rings. The Morgan fingerprint density at radius 3 is 2.39 bits per heavy atom. The normalized spacial score (nSPS) is 11.7. The number of benzene rings is 1. The number of aliphatic hydroxyl groups is 1. The van der Waals surface area contributed by atoms with Gasteiger partial charge >= 0.3 is 6.18 Å². The summed E-state index contributed by atoms with van der Waals surface area (Å²) in [6.07, 6.45) is 0.878. The highest BCUT2D eigenvalue weighted by molar-refractivity contribution is 5.79. The van der Waals surface area contributed by atoms with Gasteiger partial charge in [0.05, 0.1) is 5.56 Å². The molecule has 7 heteroatoms. The number of rotatable bonds is 4. The first kappa shape index (κ1) is 18.8. The van der Waals surface area contributed by atoms with Gasteiger partial charge in [0.2, 0.25) is 0 Å². The number of nitrogens with two attached hydrogens (primary N) is 1. The molecule has 4 N–H and O–H groups in total. The summed E-state index contributed by atoms with van der Waals surface area (Å²) in [5.41, 5.74) is 1.10. The van der Waals surface area contributed by atoms with E-state index < -0.39 is 11.7 Å². The van der Waals surface area contributed by atoms with Gasteiger partial charge in [-0.1, -0.05) is 24.3 Å². The van der Waals surface area contributed by atoms with Gasteiger partial charge in [0, 0.05) is 24.6 Å². The molecule has 2 aromatic rings. The molecule has 23 heavy (non-hydrogen) atoms. The zero-order valence-corrected chi connectivity index (χ0v) is 12.2. The smallest absolute Gasteiger partial charge is 0.396 e. The topological polar surface area (TPSA) is 79.4 Å². The van der Waals surface area contributed by atoms with Gasteiger partial charge in [-0.25, -0.2) is 5.90 Å². The van der Waals surface area contributed by atoms with Crippen molar-refractivity contribution in [3.8, 4) is 0 Å². The van der Waals surface area contributed by atoms with Crippen molar-refractivity contribution in [3.63, 3.8) is 0 Å². The second kappa shape index (κ2) is 9.04. The van der Waals surface area contributed by atoms with Gasteiger partial charge in [-0.15, -0.1) is 0 Å². The van der Waals surface area contributed by atoms with E-state index >= 15 is 0 Å². The Morgan fingerprint density at radius 1 is 1.13 bits per heavy atom. The Kier molecular flexibility index (Phi) is 7.40. The van der Waals surface area contributed by atoms with Crippen LogP contribution in [0.15, 0.2) is 54.9 Å². The van der Waals surface area contributed by atoms with E-state index in [1.165, 1.54) is 6.07 Å². The largest absolute Gasteiger partial charge is 0.416 e.